The molecule has 0 unspecified atom stereocenters. The number of nitrogens with two attached hydrogens (primary N) is 1. The Balaban J connectivity index is 1.96. The van der Waals surface area contributed by atoms with Crippen molar-refractivity contribution in [1.29, 1.82) is 0 Å². The van der Waals surface area contributed by atoms with Crippen molar-refractivity contribution in [3.63, 3.8) is 0 Å². The first-order valence-corrected chi connectivity index (χ1v) is 9.63. The minimum atomic E-state index is -3.96. The molecule has 0 radical (unpaired) electrons. The largest absolute Gasteiger partial charge is 0.379 e. The van der Waals surface area contributed by atoms with Gasteiger partial charge in [-0.25, -0.2) is 13.6 Å². The Hall–Kier alpha value is -1.71. The number of rotatable bonds is 7. The normalized spacial score (nSPS) is 16.9. The molecule has 24 heavy (non-hydrogen) atoms. The topological polar surface area (TPSA) is 119 Å². The molecule has 8 nitrogen and oxygen atoms in total. The van der Waals surface area contributed by atoms with Gasteiger partial charge in [-0.15, -0.1) is 0 Å². The lowest BCUT2D eigenvalue weighted by Gasteiger charge is -2.31. The first kappa shape index (κ1) is 18.6. The van der Waals surface area contributed by atoms with Crippen molar-refractivity contribution in [3.8, 4) is 0 Å². The molecule has 0 spiro atoms. The minimum absolute atomic E-state index is 0.258. The molecule has 0 bridgehead atoms. The number of nitrogens with one attached hydrogen (secondary N) is 1. The van der Waals surface area contributed by atoms with Gasteiger partial charge in [-0.05, 0) is 56.9 Å². The fourth-order valence-corrected chi connectivity index (χ4v) is 3.52. The van der Waals surface area contributed by atoms with Gasteiger partial charge in [0.15, 0.2) is 0 Å². The highest BCUT2D eigenvalue weighted by molar-refractivity contribution is 7.89. The van der Waals surface area contributed by atoms with Gasteiger partial charge in [-0.3, -0.25) is 10.1 Å². The number of likely N-dealkylation sites (tertiary alicyclic amines) is 1. The lowest BCUT2D eigenvalue weighted by molar-refractivity contribution is -0.384. The zero-order valence-corrected chi connectivity index (χ0v) is 14.6. The van der Waals surface area contributed by atoms with Crippen LogP contribution in [0.2, 0.25) is 0 Å². The van der Waals surface area contributed by atoms with E-state index in [1.807, 2.05) is 0 Å². The van der Waals surface area contributed by atoms with E-state index >= 15 is 0 Å². The Kier molecular flexibility index (Phi) is 6.14. The van der Waals surface area contributed by atoms with Crippen LogP contribution in [0.4, 0.5) is 11.4 Å². The average Bonchev–Trinajstić information content (AvgIpc) is 2.54. The monoisotopic (exact) mass is 356 g/mol. The lowest BCUT2D eigenvalue weighted by Crippen LogP contribution is -2.33. The van der Waals surface area contributed by atoms with Crippen molar-refractivity contribution in [2.75, 3.05) is 31.5 Å². The van der Waals surface area contributed by atoms with Gasteiger partial charge in [0.2, 0.25) is 10.0 Å². The maximum Gasteiger partial charge on any atom is 0.293 e. The second-order valence-corrected chi connectivity index (χ2v) is 7.64. The molecule has 1 saturated heterocycles. The minimum Gasteiger partial charge on any atom is -0.379 e. The molecule has 1 aromatic carbocycles. The van der Waals surface area contributed by atoms with E-state index in [1.54, 1.807) is 0 Å². The molecule has 0 aromatic heterocycles. The van der Waals surface area contributed by atoms with Crippen LogP contribution in [0.5, 0.6) is 0 Å². The Bertz CT molecular complexity index is 685. The van der Waals surface area contributed by atoms with Crippen LogP contribution < -0.4 is 10.5 Å². The molecular weight excluding hydrogens is 332 g/mol. The third-order valence-electron chi connectivity index (χ3n) is 4.52. The molecular formula is C15H24N4O4S. The Morgan fingerprint density at radius 3 is 2.58 bits per heavy atom. The summed E-state index contributed by atoms with van der Waals surface area (Å²) in [6.07, 6.45) is 3.22. The summed E-state index contributed by atoms with van der Waals surface area (Å²) in [7, 11) is -3.96. The number of piperidine rings is 1. The zero-order chi connectivity index (χ0) is 17.7. The highest BCUT2D eigenvalue weighted by Crippen LogP contribution is 2.28. The van der Waals surface area contributed by atoms with Crippen LogP contribution in [-0.4, -0.2) is 44.4 Å². The van der Waals surface area contributed by atoms with E-state index in [2.05, 4.69) is 17.1 Å². The molecule has 9 heteroatoms. The van der Waals surface area contributed by atoms with Gasteiger partial charge < -0.3 is 10.2 Å². The van der Waals surface area contributed by atoms with E-state index < -0.39 is 14.9 Å². The van der Waals surface area contributed by atoms with Crippen LogP contribution in [0.25, 0.3) is 0 Å². The summed E-state index contributed by atoms with van der Waals surface area (Å²) in [5.74, 6) is 0.614. The van der Waals surface area contributed by atoms with Crippen molar-refractivity contribution in [2.24, 2.45) is 11.1 Å². The standard InChI is InChI=1S/C15H24N4O4S/c1-2-18-9-6-12(7-10-18)5-8-17-14-4-3-13(24(16,22)23)11-15(14)19(20)21/h3-4,11-12,17H,2,5-10H2,1H3,(H2,16,22,23). The molecule has 1 aromatic rings. The van der Waals surface area contributed by atoms with E-state index in [9.17, 15) is 18.5 Å². The number of nitro benzene ring substituents is 1. The van der Waals surface area contributed by atoms with Crippen LogP contribution in [0, 0.1) is 16.0 Å². The van der Waals surface area contributed by atoms with Crippen molar-refractivity contribution in [2.45, 2.75) is 31.1 Å². The Labute approximate surface area is 142 Å². The second kappa shape index (κ2) is 7.91. The third-order valence-corrected chi connectivity index (χ3v) is 5.43. The number of benzene rings is 1. The summed E-state index contributed by atoms with van der Waals surface area (Å²) in [5, 5.41) is 19.2. The fourth-order valence-electron chi connectivity index (χ4n) is 2.99. The summed E-state index contributed by atoms with van der Waals surface area (Å²) in [5.41, 5.74) is 0.0423. The molecule has 0 atom stereocenters. The van der Waals surface area contributed by atoms with Crippen LogP contribution >= 0.6 is 0 Å². The quantitative estimate of drug-likeness (QED) is 0.568. The molecule has 3 N–H and O–H groups in total. The van der Waals surface area contributed by atoms with Gasteiger partial charge in [-0.1, -0.05) is 6.92 Å². The van der Waals surface area contributed by atoms with E-state index in [0.717, 1.165) is 45.0 Å². The molecule has 0 amide bonds. The number of nitro groups is 1. The van der Waals surface area contributed by atoms with Gasteiger partial charge in [0.1, 0.15) is 5.69 Å². The van der Waals surface area contributed by atoms with E-state index in [1.165, 1.54) is 12.1 Å². The number of nitrogens with zero attached hydrogens (tertiary/aromatic N) is 2. The molecule has 2 rings (SSSR count). The van der Waals surface area contributed by atoms with E-state index in [-0.39, 0.29) is 10.6 Å². The molecule has 1 aliphatic heterocycles. The summed E-state index contributed by atoms with van der Waals surface area (Å²) in [4.78, 5) is 12.7. The summed E-state index contributed by atoms with van der Waals surface area (Å²) < 4.78 is 22.6. The van der Waals surface area contributed by atoms with Gasteiger partial charge in [0, 0.05) is 12.6 Å². The van der Waals surface area contributed by atoms with Crippen LogP contribution in [0.1, 0.15) is 26.2 Å². The molecule has 1 heterocycles. The molecule has 0 saturated carbocycles. The number of primary sulfonamides is 1. The van der Waals surface area contributed by atoms with Crippen molar-refractivity contribution < 1.29 is 13.3 Å². The fraction of sp³-hybridized carbons (Fsp3) is 0.600. The van der Waals surface area contributed by atoms with Crippen molar-refractivity contribution >= 4 is 21.4 Å². The summed E-state index contributed by atoms with van der Waals surface area (Å²) in [6.45, 7) is 6.06. The van der Waals surface area contributed by atoms with Crippen molar-refractivity contribution in [3.05, 3.63) is 28.3 Å². The second-order valence-electron chi connectivity index (χ2n) is 6.07. The Morgan fingerprint density at radius 1 is 1.38 bits per heavy atom. The first-order chi connectivity index (χ1) is 11.3. The Morgan fingerprint density at radius 2 is 2.04 bits per heavy atom. The summed E-state index contributed by atoms with van der Waals surface area (Å²) in [6, 6.07) is 3.68. The number of hydrogen-bond acceptors (Lipinski definition) is 6. The van der Waals surface area contributed by atoms with Crippen LogP contribution in [0.15, 0.2) is 23.1 Å². The van der Waals surface area contributed by atoms with Gasteiger partial charge in [0.25, 0.3) is 5.69 Å². The highest BCUT2D eigenvalue weighted by atomic mass is 32.2. The third kappa shape index (κ3) is 4.89. The van der Waals surface area contributed by atoms with E-state index in [4.69, 9.17) is 5.14 Å². The number of sulfonamides is 1. The maximum atomic E-state index is 11.3. The summed E-state index contributed by atoms with van der Waals surface area (Å²) >= 11 is 0. The molecule has 1 fully saturated rings. The molecule has 0 aliphatic carbocycles. The van der Waals surface area contributed by atoms with Crippen LogP contribution in [0.3, 0.4) is 0 Å². The number of hydrogen-bond donors (Lipinski definition) is 2. The number of anilines is 1. The predicted molar refractivity (Wildman–Crippen MR) is 92.4 cm³/mol. The maximum absolute atomic E-state index is 11.3. The molecule has 134 valence electrons. The average molecular weight is 356 g/mol. The zero-order valence-electron chi connectivity index (χ0n) is 13.8. The molecule has 1 aliphatic rings. The van der Waals surface area contributed by atoms with Crippen molar-refractivity contribution in [1.82, 2.24) is 4.90 Å². The van der Waals surface area contributed by atoms with E-state index in [0.29, 0.717) is 18.2 Å². The van der Waals surface area contributed by atoms with Gasteiger partial charge >= 0.3 is 0 Å². The first-order valence-electron chi connectivity index (χ1n) is 8.08. The van der Waals surface area contributed by atoms with Gasteiger partial charge in [0.05, 0.1) is 9.82 Å². The highest BCUT2D eigenvalue weighted by Gasteiger charge is 2.20. The smallest absolute Gasteiger partial charge is 0.293 e. The predicted octanol–water partition coefficient (Wildman–Crippen LogP) is 1.78. The lowest BCUT2D eigenvalue weighted by atomic mass is 9.93. The SMILES string of the molecule is CCN1CCC(CCNc2ccc(S(N)(=O)=O)cc2[N+](=O)[O-])CC1. The van der Waals surface area contributed by atoms with Gasteiger partial charge in [-0.2, -0.15) is 0 Å². The van der Waals surface area contributed by atoms with Crippen LogP contribution in [-0.2, 0) is 10.0 Å².